The van der Waals surface area contributed by atoms with Gasteiger partial charge in [-0.25, -0.2) is 0 Å². The van der Waals surface area contributed by atoms with Gasteiger partial charge < -0.3 is 28.8 Å². The molecule has 0 bridgehead atoms. The molecule has 25 heavy (non-hydrogen) atoms. The Kier molecular flexibility index (Phi) is 5.12. The van der Waals surface area contributed by atoms with Gasteiger partial charge in [0.2, 0.25) is 0 Å². The van der Waals surface area contributed by atoms with Crippen LogP contribution in [0.3, 0.4) is 0 Å². The molecule has 0 aromatic carbocycles. The van der Waals surface area contributed by atoms with E-state index in [1.807, 2.05) is 6.92 Å². The second kappa shape index (κ2) is 7.06. The van der Waals surface area contributed by atoms with Gasteiger partial charge in [0.05, 0.1) is 30.5 Å². The third kappa shape index (κ3) is 3.15. The number of ether oxygens (including phenoxy) is 5. The van der Waals surface area contributed by atoms with Crippen molar-refractivity contribution in [3.63, 3.8) is 0 Å². The number of aliphatic hydroxyl groups excluding tert-OH is 1. The standard InChI is InChI=1S/C19H32O6/c1-9-5-10(2)16-18(23-8-22-16)13(9)6-14-11(3)15(20)19-17(25-14)12(4)21-7-24-19/h9-20H,5-8H2,1-4H3/t9?,10?,11-,12+,13-,14-,15?,16?,17?,18?,19+/m0/s1. The highest BCUT2D eigenvalue weighted by atomic mass is 16.7. The molecule has 1 saturated carbocycles. The van der Waals surface area contributed by atoms with Crippen LogP contribution in [0.1, 0.15) is 40.5 Å². The van der Waals surface area contributed by atoms with Crippen LogP contribution in [0.25, 0.3) is 0 Å². The van der Waals surface area contributed by atoms with Gasteiger partial charge >= 0.3 is 0 Å². The first kappa shape index (κ1) is 18.1. The molecular weight excluding hydrogens is 324 g/mol. The van der Waals surface area contributed by atoms with Gasteiger partial charge in [-0.15, -0.1) is 0 Å². The van der Waals surface area contributed by atoms with Crippen molar-refractivity contribution >= 4 is 0 Å². The van der Waals surface area contributed by atoms with Gasteiger partial charge in [-0.3, -0.25) is 0 Å². The predicted molar refractivity (Wildman–Crippen MR) is 89.8 cm³/mol. The first-order valence-corrected chi connectivity index (χ1v) is 9.77. The zero-order valence-electron chi connectivity index (χ0n) is 15.7. The Balaban J connectivity index is 1.49. The molecule has 3 heterocycles. The molecule has 1 aliphatic carbocycles. The monoisotopic (exact) mass is 356 g/mol. The Bertz CT molecular complexity index is 473. The molecule has 6 nitrogen and oxygen atoms in total. The molecule has 1 N–H and O–H groups in total. The lowest BCUT2D eigenvalue weighted by Gasteiger charge is -2.49. The van der Waals surface area contributed by atoms with Gasteiger partial charge in [0.15, 0.2) is 0 Å². The Morgan fingerprint density at radius 3 is 2.28 bits per heavy atom. The molecular formula is C19H32O6. The van der Waals surface area contributed by atoms with E-state index in [9.17, 15) is 5.11 Å². The van der Waals surface area contributed by atoms with E-state index in [4.69, 9.17) is 23.7 Å². The fraction of sp³-hybridized carbons (Fsp3) is 1.00. The van der Waals surface area contributed by atoms with Crippen molar-refractivity contribution in [3.8, 4) is 0 Å². The maximum atomic E-state index is 10.8. The summed E-state index contributed by atoms with van der Waals surface area (Å²) in [5.41, 5.74) is 0. The Hall–Kier alpha value is -0.240. The summed E-state index contributed by atoms with van der Waals surface area (Å²) in [6, 6.07) is 0. The summed E-state index contributed by atoms with van der Waals surface area (Å²) in [4.78, 5) is 0. The van der Waals surface area contributed by atoms with Crippen LogP contribution in [-0.2, 0) is 23.7 Å². The van der Waals surface area contributed by atoms with Crippen molar-refractivity contribution in [1.82, 2.24) is 0 Å². The number of hydrogen-bond donors (Lipinski definition) is 1. The van der Waals surface area contributed by atoms with E-state index in [-0.39, 0.29) is 49.3 Å². The molecule has 0 aromatic rings. The van der Waals surface area contributed by atoms with Gasteiger partial charge in [0.1, 0.15) is 25.8 Å². The molecule has 0 aromatic heterocycles. The van der Waals surface area contributed by atoms with E-state index in [0.717, 1.165) is 12.8 Å². The summed E-state index contributed by atoms with van der Waals surface area (Å²) in [6.07, 6.45) is 1.25. The molecule has 4 rings (SSSR count). The molecule has 0 spiro atoms. The minimum absolute atomic E-state index is 0.0188. The first-order valence-electron chi connectivity index (χ1n) is 9.77. The summed E-state index contributed by atoms with van der Waals surface area (Å²) in [6.45, 7) is 9.25. The molecule has 3 saturated heterocycles. The fourth-order valence-electron chi connectivity index (χ4n) is 5.37. The van der Waals surface area contributed by atoms with Crippen molar-refractivity contribution in [2.75, 3.05) is 13.6 Å². The van der Waals surface area contributed by atoms with E-state index in [1.54, 1.807) is 0 Å². The Morgan fingerprint density at radius 2 is 1.48 bits per heavy atom. The molecule has 4 fully saturated rings. The van der Waals surface area contributed by atoms with E-state index in [2.05, 4.69) is 20.8 Å². The van der Waals surface area contributed by atoms with Crippen LogP contribution in [0.15, 0.2) is 0 Å². The first-order chi connectivity index (χ1) is 12.0. The summed E-state index contributed by atoms with van der Waals surface area (Å²) < 4.78 is 29.4. The van der Waals surface area contributed by atoms with Crippen LogP contribution in [0, 0.1) is 23.7 Å². The molecule has 3 aliphatic heterocycles. The molecule has 0 radical (unpaired) electrons. The average molecular weight is 356 g/mol. The zero-order valence-corrected chi connectivity index (χ0v) is 15.7. The van der Waals surface area contributed by atoms with Gasteiger partial charge in [0, 0.05) is 5.92 Å². The number of fused-ring (bicyclic) bond motifs is 2. The summed E-state index contributed by atoms with van der Waals surface area (Å²) >= 11 is 0. The van der Waals surface area contributed by atoms with Crippen LogP contribution in [0.5, 0.6) is 0 Å². The third-order valence-electron chi connectivity index (χ3n) is 6.98. The molecule has 0 amide bonds. The van der Waals surface area contributed by atoms with Crippen LogP contribution < -0.4 is 0 Å². The molecule has 144 valence electrons. The average Bonchev–Trinajstić information content (AvgIpc) is 3.06. The van der Waals surface area contributed by atoms with Crippen LogP contribution in [0.4, 0.5) is 0 Å². The highest BCUT2D eigenvalue weighted by Gasteiger charge is 2.51. The van der Waals surface area contributed by atoms with Gasteiger partial charge in [-0.1, -0.05) is 20.8 Å². The highest BCUT2D eigenvalue weighted by Crippen LogP contribution is 2.44. The second-order valence-corrected chi connectivity index (χ2v) is 8.58. The van der Waals surface area contributed by atoms with Crippen molar-refractivity contribution in [3.05, 3.63) is 0 Å². The van der Waals surface area contributed by atoms with Crippen LogP contribution >= 0.6 is 0 Å². The minimum Gasteiger partial charge on any atom is -0.390 e. The summed E-state index contributed by atoms with van der Waals surface area (Å²) in [5.74, 6) is 1.50. The van der Waals surface area contributed by atoms with Crippen molar-refractivity contribution in [2.24, 2.45) is 23.7 Å². The van der Waals surface area contributed by atoms with Crippen molar-refractivity contribution < 1.29 is 28.8 Å². The lowest BCUT2D eigenvalue weighted by molar-refractivity contribution is -0.306. The quantitative estimate of drug-likeness (QED) is 0.816. The molecule has 11 atom stereocenters. The summed E-state index contributed by atoms with van der Waals surface area (Å²) in [7, 11) is 0. The summed E-state index contributed by atoms with van der Waals surface area (Å²) in [5, 5.41) is 10.8. The topological polar surface area (TPSA) is 66.4 Å². The van der Waals surface area contributed by atoms with Gasteiger partial charge in [-0.05, 0) is 37.5 Å². The lowest BCUT2D eigenvalue weighted by atomic mass is 9.68. The van der Waals surface area contributed by atoms with E-state index in [1.165, 1.54) is 0 Å². The zero-order chi connectivity index (χ0) is 17.7. The fourth-order valence-corrected chi connectivity index (χ4v) is 5.37. The SMILES string of the molecule is CC1CC(C)[C@H](C[C@@H]2OC3[C@H](OCO[C@@H]3C)C(O)[C@H]2C)C2OCOC12. The second-order valence-electron chi connectivity index (χ2n) is 8.58. The van der Waals surface area contributed by atoms with Crippen LogP contribution in [0.2, 0.25) is 0 Å². The smallest absolute Gasteiger partial charge is 0.147 e. The van der Waals surface area contributed by atoms with E-state index < -0.39 is 6.10 Å². The molecule has 4 aliphatic rings. The van der Waals surface area contributed by atoms with Gasteiger partial charge in [-0.2, -0.15) is 0 Å². The largest absolute Gasteiger partial charge is 0.390 e. The predicted octanol–water partition coefficient (Wildman–Crippen LogP) is 1.94. The lowest BCUT2D eigenvalue weighted by Crippen LogP contribution is -2.61. The van der Waals surface area contributed by atoms with E-state index >= 15 is 0 Å². The van der Waals surface area contributed by atoms with Gasteiger partial charge in [0.25, 0.3) is 0 Å². The van der Waals surface area contributed by atoms with Crippen molar-refractivity contribution in [1.29, 1.82) is 0 Å². The molecule has 6 heteroatoms. The number of hydrogen-bond acceptors (Lipinski definition) is 6. The van der Waals surface area contributed by atoms with Crippen molar-refractivity contribution in [2.45, 2.75) is 83.3 Å². The Labute approximate surface area is 150 Å². The maximum absolute atomic E-state index is 10.8. The minimum atomic E-state index is -0.524. The van der Waals surface area contributed by atoms with Crippen LogP contribution in [-0.4, -0.2) is 61.4 Å². The number of rotatable bonds is 2. The number of aliphatic hydroxyl groups is 1. The van der Waals surface area contributed by atoms with E-state index in [0.29, 0.717) is 24.5 Å². The third-order valence-corrected chi connectivity index (χ3v) is 6.98. The maximum Gasteiger partial charge on any atom is 0.147 e. The normalized spacial score (nSPS) is 56.3. The molecule has 6 unspecified atom stereocenters. The highest BCUT2D eigenvalue weighted by molar-refractivity contribution is 4.99. The Morgan fingerprint density at radius 1 is 0.800 bits per heavy atom.